The van der Waals surface area contributed by atoms with Crippen molar-refractivity contribution >= 4 is 27.5 Å². The third-order valence-electron chi connectivity index (χ3n) is 3.25. The smallest absolute Gasteiger partial charge is 0.328 e. The van der Waals surface area contributed by atoms with Crippen molar-refractivity contribution < 1.29 is 26.7 Å². The maximum atomic E-state index is 14.1. The first-order valence-corrected chi connectivity index (χ1v) is 8.23. The molecule has 1 fully saturated rings. The predicted molar refractivity (Wildman–Crippen MR) is 73.1 cm³/mol. The Morgan fingerprint density at radius 1 is 1.36 bits per heavy atom. The summed E-state index contributed by atoms with van der Waals surface area (Å²) in [5.41, 5.74) is 0. The predicted octanol–water partition coefficient (Wildman–Crippen LogP) is 1.60. The van der Waals surface area contributed by atoms with Crippen LogP contribution in [0.3, 0.4) is 0 Å². The SMILES string of the molecule is O=C(NS(=O)(=O)c1cncc(Cl)c1)C(F)(F)C1CCOCC1. The molecule has 1 aromatic heterocycles. The standard InChI is InChI=1S/C12H13ClF2N2O4S/c13-9-5-10(7-16-6-9)22(19,20)17-11(18)12(14,15)8-1-3-21-4-2-8/h5-8H,1-4H2,(H,17,18). The average molecular weight is 355 g/mol. The molecule has 6 nitrogen and oxygen atoms in total. The molecule has 2 heterocycles. The number of carbonyl (C=O) groups is 1. The van der Waals surface area contributed by atoms with Crippen LogP contribution in [0.5, 0.6) is 0 Å². The van der Waals surface area contributed by atoms with Crippen LogP contribution in [0.25, 0.3) is 0 Å². The van der Waals surface area contributed by atoms with E-state index >= 15 is 0 Å². The van der Waals surface area contributed by atoms with Crippen molar-refractivity contribution in [1.82, 2.24) is 9.71 Å². The molecule has 10 heteroatoms. The van der Waals surface area contributed by atoms with Crippen LogP contribution in [0.1, 0.15) is 12.8 Å². The van der Waals surface area contributed by atoms with Crippen LogP contribution < -0.4 is 4.72 Å². The van der Waals surface area contributed by atoms with E-state index in [0.29, 0.717) is 0 Å². The molecule has 1 aliphatic rings. The molecular formula is C12H13ClF2N2O4S. The van der Waals surface area contributed by atoms with Crippen molar-refractivity contribution in [2.24, 2.45) is 5.92 Å². The van der Waals surface area contributed by atoms with Gasteiger partial charge in [-0.2, -0.15) is 8.78 Å². The van der Waals surface area contributed by atoms with Gasteiger partial charge >= 0.3 is 11.8 Å². The normalized spacial score (nSPS) is 17.2. The molecular weight excluding hydrogens is 342 g/mol. The first-order valence-electron chi connectivity index (χ1n) is 6.37. The van der Waals surface area contributed by atoms with Gasteiger partial charge in [0.25, 0.3) is 10.0 Å². The summed E-state index contributed by atoms with van der Waals surface area (Å²) in [5, 5.41) is 0.00603. The highest BCUT2D eigenvalue weighted by molar-refractivity contribution is 7.90. The second-order valence-electron chi connectivity index (χ2n) is 4.78. The van der Waals surface area contributed by atoms with E-state index < -0.39 is 32.7 Å². The van der Waals surface area contributed by atoms with Crippen molar-refractivity contribution in [2.45, 2.75) is 23.7 Å². The third kappa shape index (κ3) is 3.71. The van der Waals surface area contributed by atoms with Gasteiger partial charge in [-0.05, 0) is 18.9 Å². The fourth-order valence-corrected chi connectivity index (χ4v) is 3.25. The summed E-state index contributed by atoms with van der Waals surface area (Å²) in [4.78, 5) is 14.8. The molecule has 1 aromatic rings. The van der Waals surface area contributed by atoms with Gasteiger partial charge in [-0.15, -0.1) is 0 Å². The molecule has 22 heavy (non-hydrogen) atoms. The van der Waals surface area contributed by atoms with Crippen molar-refractivity contribution in [1.29, 1.82) is 0 Å². The van der Waals surface area contributed by atoms with Crippen LogP contribution in [0.4, 0.5) is 8.78 Å². The molecule has 2 rings (SSSR count). The molecule has 0 aromatic carbocycles. The van der Waals surface area contributed by atoms with E-state index in [0.717, 1.165) is 12.3 Å². The number of carbonyl (C=O) groups excluding carboxylic acids is 1. The minimum atomic E-state index is -4.46. The number of alkyl halides is 2. The fourth-order valence-electron chi connectivity index (χ4n) is 2.03. The summed E-state index contributed by atoms with van der Waals surface area (Å²) in [6.45, 7) is 0.219. The number of nitrogens with one attached hydrogen (secondary N) is 1. The Hall–Kier alpha value is -1.32. The number of amides is 1. The molecule has 1 N–H and O–H groups in total. The van der Waals surface area contributed by atoms with Gasteiger partial charge in [0.2, 0.25) is 0 Å². The number of nitrogens with zero attached hydrogens (tertiary/aromatic N) is 1. The third-order valence-corrected chi connectivity index (χ3v) is 4.76. The van der Waals surface area contributed by atoms with Gasteiger partial charge in [0.15, 0.2) is 0 Å². The number of aromatic nitrogens is 1. The first-order chi connectivity index (χ1) is 10.2. The van der Waals surface area contributed by atoms with Gasteiger partial charge in [0.1, 0.15) is 4.90 Å². The number of rotatable bonds is 4. The lowest BCUT2D eigenvalue weighted by Gasteiger charge is -2.28. The summed E-state index contributed by atoms with van der Waals surface area (Å²) < 4.78 is 58.3. The Bertz CT molecular complexity index is 663. The molecule has 122 valence electrons. The number of hydrogen-bond donors (Lipinski definition) is 1. The lowest BCUT2D eigenvalue weighted by molar-refractivity contribution is -0.157. The Morgan fingerprint density at radius 2 is 2.00 bits per heavy atom. The van der Waals surface area contributed by atoms with Crippen LogP contribution in [-0.2, 0) is 19.6 Å². The molecule has 1 aliphatic heterocycles. The molecule has 0 bridgehead atoms. The minimum Gasteiger partial charge on any atom is -0.381 e. The van der Waals surface area contributed by atoms with Crippen LogP contribution in [0, 0.1) is 5.92 Å². The molecule has 1 amide bonds. The van der Waals surface area contributed by atoms with Crippen LogP contribution in [0.2, 0.25) is 5.02 Å². The number of pyridine rings is 1. The highest BCUT2D eigenvalue weighted by Crippen LogP contribution is 2.33. The van der Waals surface area contributed by atoms with Gasteiger partial charge in [-0.1, -0.05) is 11.6 Å². The molecule has 0 spiro atoms. The van der Waals surface area contributed by atoms with E-state index in [1.807, 2.05) is 0 Å². The van der Waals surface area contributed by atoms with Gasteiger partial charge < -0.3 is 4.74 Å². The summed E-state index contributed by atoms with van der Waals surface area (Å²) in [5.74, 6) is -6.92. The Balaban J connectivity index is 2.16. The summed E-state index contributed by atoms with van der Waals surface area (Å²) in [6.07, 6.45) is 2.06. The summed E-state index contributed by atoms with van der Waals surface area (Å²) in [6, 6.07) is 1.01. The van der Waals surface area contributed by atoms with Gasteiger partial charge in [0.05, 0.1) is 5.02 Å². The highest BCUT2D eigenvalue weighted by atomic mass is 35.5. The van der Waals surface area contributed by atoms with E-state index in [9.17, 15) is 22.0 Å². The Kier molecular flexibility index (Phi) is 4.98. The Labute approximate surface area is 130 Å². The molecule has 1 saturated heterocycles. The van der Waals surface area contributed by atoms with Crippen molar-refractivity contribution in [3.05, 3.63) is 23.5 Å². The topological polar surface area (TPSA) is 85.4 Å². The maximum Gasteiger partial charge on any atom is 0.328 e. The number of halogens is 3. The molecule has 0 atom stereocenters. The zero-order chi connectivity index (χ0) is 16.4. The van der Waals surface area contributed by atoms with Crippen LogP contribution in [-0.4, -0.2) is 38.4 Å². The first kappa shape index (κ1) is 17.0. The van der Waals surface area contributed by atoms with Crippen molar-refractivity contribution in [2.75, 3.05) is 13.2 Å². The zero-order valence-corrected chi connectivity index (χ0v) is 12.8. The van der Waals surface area contributed by atoms with Gasteiger partial charge in [-0.3, -0.25) is 9.78 Å². The van der Waals surface area contributed by atoms with Gasteiger partial charge in [-0.25, -0.2) is 13.1 Å². The second-order valence-corrected chi connectivity index (χ2v) is 6.90. The lowest BCUT2D eigenvalue weighted by Crippen LogP contribution is -2.48. The maximum absolute atomic E-state index is 14.1. The quantitative estimate of drug-likeness (QED) is 0.887. The summed E-state index contributed by atoms with van der Waals surface area (Å²) in [7, 11) is -4.46. The van der Waals surface area contributed by atoms with Gasteiger partial charge in [0, 0.05) is 31.5 Å². The molecule has 0 saturated carbocycles. The summed E-state index contributed by atoms with van der Waals surface area (Å²) >= 11 is 5.60. The largest absolute Gasteiger partial charge is 0.381 e. The molecule has 0 radical (unpaired) electrons. The van der Waals surface area contributed by atoms with Crippen molar-refractivity contribution in [3.63, 3.8) is 0 Å². The van der Waals surface area contributed by atoms with E-state index in [4.69, 9.17) is 16.3 Å². The molecule has 0 unspecified atom stereocenters. The van der Waals surface area contributed by atoms with E-state index in [2.05, 4.69) is 4.98 Å². The van der Waals surface area contributed by atoms with Crippen LogP contribution >= 0.6 is 11.6 Å². The van der Waals surface area contributed by atoms with Crippen LogP contribution in [0.15, 0.2) is 23.4 Å². The lowest BCUT2D eigenvalue weighted by atomic mass is 9.92. The van der Waals surface area contributed by atoms with E-state index in [1.54, 1.807) is 0 Å². The number of ether oxygens (including phenoxy) is 1. The number of sulfonamides is 1. The fraction of sp³-hybridized carbons (Fsp3) is 0.500. The average Bonchev–Trinajstić information content (AvgIpc) is 2.47. The molecule has 0 aliphatic carbocycles. The van der Waals surface area contributed by atoms with E-state index in [1.165, 1.54) is 10.9 Å². The second kappa shape index (κ2) is 6.43. The Morgan fingerprint density at radius 3 is 2.59 bits per heavy atom. The number of hydrogen-bond acceptors (Lipinski definition) is 5. The van der Waals surface area contributed by atoms with E-state index in [-0.39, 0.29) is 31.1 Å². The monoisotopic (exact) mass is 354 g/mol. The highest BCUT2D eigenvalue weighted by Gasteiger charge is 2.48. The minimum absolute atomic E-state index is 0.00603. The van der Waals surface area contributed by atoms with Crippen molar-refractivity contribution in [3.8, 4) is 0 Å². The zero-order valence-electron chi connectivity index (χ0n) is 11.3.